The second-order valence-corrected chi connectivity index (χ2v) is 5.96. The highest BCUT2D eigenvalue weighted by Crippen LogP contribution is 2.24. The number of hydrogen-bond acceptors (Lipinski definition) is 2. The summed E-state index contributed by atoms with van der Waals surface area (Å²) in [6.07, 6.45) is 6.32. The van der Waals surface area contributed by atoms with Gasteiger partial charge in [-0.25, -0.2) is 4.98 Å². The highest BCUT2D eigenvalue weighted by Gasteiger charge is 2.25. The minimum atomic E-state index is -0.727. The third-order valence-corrected chi connectivity index (χ3v) is 3.78. The van der Waals surface area contributed by atoms with Crippen LogP contribution < -0.4 is 0 Å². The van der Waals surface area contributed by atoms with Crippen molar-refractivity contribution in [2.45, 2.75) is 39.7 Å². The van der Waals surface area contributed by atoms with E-state index in [4.69, 9.17) is 5.11 Å². The summed E-state index contributed by atoms with van der Waals surface area (Å²) < 4.78 is 2.13. The number of carboxylic acid groups (broad SMARTS) is 1. The van der Waals surface area contributed by atoms with Gasteiger partial charge in [-0.3, -0.25) is 4.79 Å². The van der Waals surface area contributed by atoms with Crippen LogP contribution in [0.1, 0.15) is 33.1 Å². The van der Waals surface area contributed by atoms with Crippen LogP contribution in [0.3, 0.4) is 0 Å². The first-order valence-corrected chi connectivity index (χ1v) is 7.31. The second-order valence-electron chi connectivity index (χ2n) is 5.96. The molecule has 0 aliphatic heterocycles. The number of benzene rings is 1. The maximum absolute atomic E-state index is 11.1. The molecule has 1 aromatic carbocycles. The van der Waals surface area contributed by atoms with Gasteiger partial charge in [-0.05, 0) is 26.7 Å². The summed E-state index contributed by atoms with van der Waals surface area (Å²) in [6, 6.07) is 10.1. The van der Waals surface area contributed by atoms with E-state index in [0.717, 1.165) is 30.8 Å². The van der Waals surface area contributed by atoms with E-state index in [9.17, 15) is 4.79 Å². The SMILES string of the molecule is CC(C)(CCCCn1ccnc1-c1ccccc1)C(=O)O. The van der Waals surface area contributed by atoms with Gasteiger partial charge in [0.1, 0.15) is 5.82 Å². The Morgan fingerprint density at radius 1 is 1.24 bits per heavy atom. The van der Waals surface area contributed by atoms with Gasteiger partial charge in [0.05, 0.1) is 5.41 Å². The predicted molar refractivity (Wildman–Crippen MR) is 82.9 cm³/mol. The fourth-order valence-corrected chi connectivity index (χ4v) is 2.29. The molecule has 112 valence electrons. The van der Waals surface area contributed by atoms with Crippen LogP contribution in [0.25, 0.3) is 11.4 Å². The molecule has 0 amide bonds. The van der Waals surface area contributed by atoms with Crippen molar-refractivity contribution in [2.75, 3.05) is 0 Å². The Hall–Kier alpha value is -2.10. The number of nitrogens with zero attached hydrogens (tertiary/aromatic N) is 2. The highest BCUT2D eigenvalue weighted by atomic mass is 16.4. The van der Waals surface area contributed by atoms with Crippen molar-refractivity contribution < 1.29 is 9.90 Å². The van der Waals surface area contributed by atoms with Gasteiger partial charge in [0.2, 0.25) is 0 Å². The van der Waals surface area contributed by atoms with Gasteiger partial charge in [0, 0.05) is 24.5 Å². The lowest BCUT2D eigenvalue weighted by Gasteiger charge is -2.18. The van der Waals surface area contributed by atoms with E-state index >= 15 is 0 Å². The van der Waals surface area contributed by atoms with Crippen molar-refractivity contribution in [3.8, 4) is 11.4 Å². The van der Waals surface area contributed by atoms with Crippen molar-refractivity contribution >= 4 is 5.97 Å². The molecule has 2 rings (SSSR count). The lowest BCUT2D eigenvalue weighted by atomic mass is 9.87. The first kappa shape index (κ1) is 15.3. The standard InChI is InChI=1S/C17H22N2O2/c1-17(2,16(20)21)10-6-7-12-19-13-11-18-15(19)14-8-4-3-5-9-14/h3-5,8-9,11,13H,6-7,10,12H2,1-2H3,(H,20,21). The van der Waals surface area contributed by atoms with Crippen LogP contribution in [0.4, 0.5) is 0 Å². The molecule has 0 radical (unpaired) electrons. The quantitative estimate of drug-likeness (QED) is 0.787. The molecule has 1 heterocycles. The fourth-order valence-electron chi connectivity index (χ4n) is 2.29. The van der Waals surface area contributed by atoms with E-state index in [1.54, 1.807) is 13.8 Å². The highest BCUT2D eigenvalue weighted by molar-refractivity contribution is 5.73. The molecule has 0 saturated carbocycles. The summed E-state index contributed by atoms with van der Waals surface area (Å²) in [4.78, 5) is 15.5. The van der Waals surface area contributed by atoms with Crippen molar-refractivity contribution in [3.63, 3.8) is 0 Å². The molecule has 1 N–H and O–H groups in total. The van der Waals surface area contributed by atoms with Crippen LogP contribution in [-0.4, -0.2) is 20.6 Å². The van der Waals surface area contributed by atoms with Crippen LogP contribution in [0, 0.1) is 5.41 Å². The molecule has 1 aromatic heterocycles. The molecule has 0 fully saturated rings. The van der Waals surface area contributed by atoms with Crippen LogP contribution in [-0.2, 0) is 11.3 Å². The Morgan fingerprint density at radius 3 is 2.62 bits per heavy atom. The zero-order valence-corrected chi connectivity index (χ0v) is 12.6. The third kappa shape index (κ3) is 3.94. The molecule has 0 aliphatic carbocycles. The summed E-state index contributed by atoms with van der Waals surface area (Å²) in [5.41, 5.74) is 0.463. The average Bonchev–Trinajstić information content (AvgIpc) is 2.93. The molecule has 0 saturated heterocycles. The number of aromatic nitrogens is 2. The topological polar surface area (TPSA) is 55.1 Å². The maximum atomic E-state index is 11.1. The molecule has 0 bridgehead atoms. The van der Waals surface area contributed by atoms with E-state index in [1.807, 2.05) is 42.7 Å². The second kappa shape index (κ2) is 6.57. The van der Waals surface area contributed by atoms with E-state index in [1.165, 1.54) is 0 Å². The molecule has 4 heteroatoms. The zero-order chi connectivity index (χ0) is 15.3. The van der Waals surface area contributed by atoms with Gasteiger partial charge in [-0.2, -0.15) is 0 Å². The summed E-state index contributed by atoms with van der Waals surface area (Å²) in [7, 11) is 0. The van der Waals surface area contributed by atoms with Crippen LogP contribution >= 0.6 is 0 Å². The number of carboxylic acids is 1. The summed E-state index contributed by atoms with van der Waals surface area (Å²) in [5, 5.41) is 9.10. The van der Waals surface area contributed by atoms with Crippen LogP contribution in [0.5, 0.6) is 0 Å². The number of imidazole rings is 1. The van der Waals surface area contributed by atoms with Gasteiger partial charge in [0.15, 0.2) is 0 Å². The first-order valence-electron chi connectivity index (χ1n) is 7.31. The molecule has 4 nitrogen and oxygen atoms in total. The molecule has 2 aromatic rings. The molecule has 0 spiro atoms. The zero-order valence-electron chi connectivity index (χ0n) is 12.6. The smallest absolute Gasteiger partial charge is 0.309 e. The lowest BCUT2D eigenvalue weighted by Crippen LogP contribution is -2.23. The van der Waals surface area contributed by atoms with Crippen LogP contribution in [0.15, 0.2) is 42.7 Å². The molecular formula is C17H22N2O2. The number of hydrogen-bond donors (Lipinski definition) is 1. The van der Waals surface area contributed by atoms with E-state index in [0.29, 0.717) is 6.42 Å². The summed E-state index contributed by atoms with van der Waals surface area (Å²) in [5.74, 6) is 0.239. The number of rotatable bonds is 7. The molecule has 0 aliphatic rings. The van der Waals surface area contributed by atoms with Gasteiger partial charge in [0.25, 0.3) is 0 Å². The molecular weight excluding hydrogens is 264 g/mol. The number of unbranched alkanes of at least 4 members (excludes halogenated alkanes) is 1. The Kier molecular flexibility index (Phi) is 4.78. The molecule has 0 atom stereocenters. The van der Waals surface area contributed by atoms with Gasteiger partial charge >= 0.3 is 5.97 Å². The largest absolute Gasteiger partial charge is 0.481 e. The Labute approximate surface area is 125 Å². The van der Waals surface area contributed by atoms with E-state index in [2.05, 4.69) is 9.55 Å². The number of aliphatic carboxylic acids is 1. The van der Waals surface area contributed by atoms with Crippen molar-refractivity contribution in [1.82, 2.24) is 9.55 Å². The Morgan fingerprint density at radius 2 is 1.95 bits per heavy atom. The Bertz CT molecular complexity index is 588. The first-order chi connectivity index (χ1) is 10.0. The lowest BCUT2D eigenvalue weighted by molar-refractivity contribution is -0.147. The predicted octanol–water partition coefficient (Wildman–Crippen LogP) is 3.83. The summed E-state index contributed by atoms with van der Waals surface area (Å²) >= 11 is 0. The van der Waals surface area contributed by atoms with E-state index in [-0.39, 0.29) is 0 Å². The third-order valence-electron chi connectivity index (χ3n) is 3.78. The monoisotopic (exact) mass is 286 g/mol. The Balaban J connectivity index is 1.91. The molecule has 21 heavy (non-hydrogen) atoms. The van der Waals surface area contributed by atoms with Crippen LogP contribution in [0.2, 0.25) is 0 Å². The minimum Gasteiger partial charge on any atom is -0.481 e. The summed E-state index contributed by atoms with van der Waals surface area (Å²) in [6.45, 7) is 4.42. The van der Waals surface area contributed by atoms with Gasteiger partial charge in [-0.1, -0.05) is 36.8 Å². The van der Waals surface area contributed by atoms with Gasteiger partial charge in [-0.15, -0.1) is 0 Å². The number of aryl methyl sites for hydroxylation is 1. The van der Waals surface area contributed by atoms with Crippen molar-refractivity contribution in [3.05, 3.63) is 42.7 Å². The van der Waals surface area contributed by atoms with E-state index < -0.39 is 11.4 Å². The van der Waals surface area contributed by atoms with Crippen molar-refractivity contribution in [2.24, 2.45) is 5.41 Å². The minimum absolute atomic E-state index is 0.642. The molecule has 0 unspecified atom stereocenters. The van der Waals surface area contributed by atoms with Gasteiger partial charge < -0.3 is 9.67 Å². The normalized spacial score (nSPS) is 11.5. The average molecular weight is 286 g/mol. The maximum Gasteiger partial charge on any atom is 0.309 e. The van der Waals surface area contributed by atoms with Crippen molar-refractivity contribution in [1.29, 1.82) is 0 Å². The number of carbonyl (C=O) groups is 1. The fraction of sp³-hybridized carbons (Fsp3) is 0.412.